The van der Waals surface area contributed by atoms with E-state index in [1.54, 1.807) is 0 Å². The van der Waals surface area contributed by atoms with Crippen LogP contribution in [-0.4, -0.2) is 32.6 Å². The standard InChI is InChI=1S/C15H23NO3S/c1-2-12-3-5-13(6-4-12)15(16)11-20(17,18)14-7-9-19-10-8-14/h3-6,14-15H,2,7-11,16H2,1H3. The first kappa shape index (κ1) is 15.5. The van der Waals surface area contributed by atoms with Gasteiger partial charge in [0.05, 0.1) is 11.0 Å². The minimum atomic E-state index is -3.15. The van der Waals surface area contributed by atoms with Crippen molar-refractivity contribution in [3.63, 3.8) is 0 Å². The lowest BCUT2D eigenvalue weighted by atomic mass is 10.1. The minimum Gasteiger partial charge on any atom is -0.381 e. The molecule has 1 saturated heterocycles. The molecule has 0 spiro atoms. The molecular weight excluding hydrogens is 274 g/mol. The number of aryl methyl sites for hydroxylation is 1. The van der Waals surface area contributed by atoms with E-state index in [2.05, 4.69) is 6.92 Å². The molecule has 0 amide bonds. The third-order valence-electron chi connectivity index (χ3n) is 3.90. The van der Waals surface area contributed by atoms with Crippen LogP contribution in [0.5, 0.6) is 0 Å². The summed E-state index contributed by atoms with van der Waals surface area (Å²) in [6, 6.07) is 7.44. The first-order valence-electron chi connectivity index (χ1n) is 7.16. The quantitative estimate of drug-likeness (QED) is 0.900. The minimum absolute atomic E-state index is 0.0170. The fourth-order valence-corrected chi connectivity index (χ4v) is 4.39. The first-order valence-corrected chi connectivity index (χ1v) is 8.88. The Balaban J connectivity index is 2.03. The smallest absolute Gasteiger partial charge is 0.155 e. The lowest BCUT2D eigenvalue weighted by molar-refractivity contribution is 0.0983. The van der Waals surface area contributed by atoms with Gasteiger partial charge >= 0.3 is 0 Å². The zero-order valence-electron chi connectivity index (χ0n) is 11.9. The van der Waals surface area contributed by atoms with Gasteiger partial charge in [0.15, 0.2) is 9.84 Å². The summed E-state index contributed by atoms with van der Waals surface area (Å²) in [6.07, 6.45) is 2.14. The van der Waals surface area contributed by atoms with E-state index in [4.69, 9.17) is 10.5 Å². The van der Waals surface area contributed by atoms with Crippen molar-refractivity contribution in [2.45, 2.75) is 37.5 Å². The first-order chi connectivity index (χ1) is 9.53. The Kier molecular flexibility index (Phi) is 5.18. The van der Waals surface area contributed by atoms with Gasteiger partial charge in [0, 0.05) is 19.3 Å². The second-order valence-corrected chi connectivity index (χ2v) is 7.67. The third kappa shape index (κ3) is 3.81. The molecule has 1 heterocycles. The number of rotatable bonds is 5. The molecule has 0 saturated carbocycles. The van der Waals surface area contributed by atoms with Crippen LogP contribution < -0.4 is 5.73 Å². The summed E-state index contributed by atoms with van der Waals surface area (Å²) in [5.41, 5.74) is 8.19. The van der Waals surface area contributed by atoms with Crippen molar-refractivity contribution < 1.29 is 13.2 Å². The molecular formula is C15H23NO3S. The molecule has 1 aliphatic rings. The molecule has 1 aliphatic heterocycles. The summed E-state index contributed by atoms with van der Waals surface area (Å²) in [5, 5.41) is -0.294. The molecule has 1 aromatic carbocycles. The van der Waals surface area contributed by atoms with E-state index in [1.807, 2.05) is 24.3 Å². The van der Waals surface area contributed by atoms with Gasteiger partial charge in [-0.25, -0.2) is 8.42 Å². The molecule has 0 radical (unpaired) electrons. The normalized spacial score (nSPS) is 18.9. The van der Waals surface area contributed by atoms with Crippen molar-refractivity contribution in [2.75, 3.05) is 19.0 Å². The van der Waals surface area contributed by atoms with Crippen LogP contribution in [0.3, 0.4) is 0 Å². The molecule has 20 heavy (non-hydrogen) atoms. The van der Waals surface area contributed by atoms with Crippen molar-refractivity contribution in [3.05, 3.63) is 35.4 Å². The highest BCUT2D eigenvalue weighted by molar-refractivity contribution is 7.92. The Bertz CT molecular complexity index is 519. The number of hydrogen-bond donors (Lipinski definition) is 1. The van der Waals surface area contributed by atoms with E-state index in [1.165, 1.54) is 5.56 Å². The van der Waals surface area contributed by atoms with E-state index >= 15 is 0 Å². The Labute approximate surface area is 121 Å². The van der Waals surface area contributed by atoms with Crippen LogP contribution in [0.25, 0.3) is 0 Å². The molecule has 2 N–H and O–H groups in total. The highest BCUT2D eigenvalue weighted by atomic mass is 32.2. The predicted octanol–water partition coefficient (Wildman–Crippen LogP) is 1.84. The number of benzene rings is 1. The van der Waals surface area contributed by atoms with Gasteiger partial charge in [0.2, 0.25) is 0 Å². The predicted molar refractivity (Wildman–Crippen MR) is 80.4 cm³/mol. The summed E-state index contributed by atoms with van der Waals surface area (Å²) in [6.45, 7) is 3.15. The maximum Gasteiger partial charge on any atom is 0.155 e. The number of nitrogens with two attached hydrogens (primary N) is 1. The molecule has 4 nitrogen and oxygen atoms in total. The maximum atomic E-state index is 12.4. The summed E-state index contributed by atoms with van der Waals surface area (Å²) in [4.78, 5) is 0. The van der Waals surface area contributed by atoms with E-state index in [0.717, 1.165) is 12.0 Å². The zero-order chi connectivity index (χ0) is 14.6. The van der Waals surface area contributed by atoms with Crippen LogP contribution in [0.15, 0.2) is 24.3 Å². The number of hydrogen-bond acceptors (Lipinski definition) is 4. The Hall–Kier alpha value is -0.910. The number of sulfone groups is 1. The highest BCUT2D eigenvalue weighted by Gasteiger charge is 2.29. The largest absolute Gasteiger partial charge is 0.381 e. The third-order valence-corrected chi connectivity index (χ3v) is 6.22. The Morgan fingerprint density at radius 2 is 1.85 bits per heavy atom. The number of ether oxygens (including phenoxy) is 1. The van der Waals surface area contributed by atoms with Crippen LogP contribution in [-0.2, 0) is 21.0 Å². The molecule has 0 bridgehead atoms. The lowest BCUT2D eigenvalue weighted by Crippen LogP contribution is -2.34. The maximum absolute atomic E-state index is 12.4. The molecule has 112 valence electrons. The van der Waals surface area contributed by atoms with E-state index < -0.39 is 15.9 Å². The van der Waals surface area contributed by atoms with Gasteiger partial charge in [-0.15, -0.1) is 0 Å². The van der Waals surface area contributed by atoms with Gasteiger partial charge in [-0.05, 0) is 30.4 Å². The van der Waals surface area contributed by atoms with Crippen molar-refractivity contribution >= 4 is 9.84 Å². The van der Waals surface area contributed by atoms with E-state index in [0.29, 0.717) is 26.1 Å². The molecule has 0 aromatic heterocycles. The average Bonchev–Trinajstić information content (AvgIpc) is 2.48. The van der Waals surface area contributed by atoms with Gasteiger partial charge in [-0.3, -0.25) is 0 Å². The summed E-state index contributed by atoms with van der Waals surface area (Å²) < 4.78 is 29.9. The summed E-state index contributed by atoms with van der Waals surface area (Å²) >= 11 is 0. The molecule has 1 aromatic rings. The second kappa shape index (κ2) is 6.70. The van der Waals surface area contributed by atoms with Crippen molar-refractivity contribution in [2.24, 2.45) is 5.73 Å². The Morgan fingerprint density at radius 3 is 2.40 bits per heavy atom. The highest BCUT2D eigenvalue weighted by Crippen LogP contribution is 2.21. The average molecular weight is 297 g/mol. The molecule has 2 rings (SSSR count). The van der Waals surface area contributed by atoms with Crippen molar-refractivity contribution in [1.82, 2.24) is 0 Å². The van der Waals surface area contributed by atoms with Gasteiger partial charge in [-0.1, -0.05) is 31.2 Å². The molecule has 1 fully saturated rings. The monoisotopic (exact) mass is 297 g/mol. The van der Waals surface area contributed by atoms with E-state index in [-0.39, 0.29) is 11.0 Å². The van der Waals surface area contributed by atoms with Gasteiger partial charge in [-0.2, -0.15) is 0 Å². The van der Waals surface area contributed by atoms with Crippen LogP contribution in [0.4, 0.5) is 0 Å². The van der Waals surface area contributed by atoms with Gasteiger partial charge in [0.25, 0.3) is 0 Å². The van der Waals surface area contributed by atoms with Crippen molar-refractivity contribution in [3.8, 4) is 0 Å². The Morgan fingerprint density at radius 1 is 1.25 bits per heavy atom. The van der Waals surface area contributed by atoms with Gasteiger partial charge < -0.3 is 10.5 Å². The molecule has 1 atom stereocenters. The van der Waals surface area contributed by atoms with Crippen LogP contribution in [0, 0.1) is 0 Å². The van der Waals surface area contributed by atoms with Crippen LogP contribution >= 0.6 is 0 Å². The second-order valence-electron chi connectivity index (χ2n) is 5.34. The molecule has 5 heteroatoms. The van der Waals surface area contributed by atoms with Crippen molar-refractivity contribution in [1.29, 1.82) is 0 Å². The zero-order valence-corrected chi connectivity index (χ0v) is 12.7. The van der Waals surface area contributed by atoms with Gasteiger partial charge in [0.1, 0.15) is 0 Å². The fourth-order valence-electron chi connectivity index (χ4n) is 2.52. The molecule has 0 aliphatic carbocycles. The SMILES string of the molecule is CCc1ccc(C(N)CS(=O)(=O)C2CCOCC2)cc1. The van der Waals surface area contributed by atoms with Crippen LogP contribution in [0.2, 0.25) is 0 Å². The fraction of sp³-hybridized carbons (Fsp3) is 0.600. The summed E-state index contributed by atoms with van der Waals surface area (Å²) in [7, 11) is -3.15. The summed E-state index contributed by atoms with van der Waals surface area (Å²) in [5.74, 6) is 0.0170. The lowest BCUT2D eigenvalue weighted by Gasteiger charge is -2.23. The van der Waals surface area contributed by atoms with Crippen LogP contribution in [0.1, 0.15) is 36.9 Å². The van der Waals surface area contributed by atoms with E-state index in [9.17, 15) is 8.42 Å². The topological polar surface area (TPSA) is 69.4 Å². The molecule has 1 unspecified atom stereocenters.